The van der Waals surface area contributed by atoms with Crippen LogP contribution in [0.5, 0.6) is 5.75 Å². The summed E-state index contributed by atoms with van der Waals surface area (Å²) >= 11 is 5.84. The summed E-state index contributed by atoms with van der Waals surface area (Å²) in [5.74, 6) is -0.201. The summed E-state index contributed by atoms with van der Waals surface area (Å²) in [5, 5.41) is 14.0. The van der Waals surface area contributed by atoms with E-state index in [0.29, 0.717) is 17.2 Å². The lowest BCUT2D eigenvalue weighted by molar-refractivity contribution is -0.384. The van der Waals surface area contributed by atoms with Gasteiger partial charge in [-0.1, -0.05) is 17.7 Å². The number of nitrogens with one attached hydrogen (secondary N) is 2. The maximum atomic E-state index is 12.8. The van der Waals surface area contributed by atoms with Crippen LogP contribution in [0.1, 0.15) is 17.3 Å². The third kappa shape index (κ3) is 5.54. The molecule has 0 aliphatic carbocycles. The highest BCUT2D eigenvalue weighted by atomic mass is 35.5. The molecule has 0 fully saturated rings. The molecule has 0 saturated carbocycles. The number of non-ortho nitro benzene ring substituents is 1. The fourth-order valence-electron chi connectivity index (χ4n) is 2.75. The van der Waals surface area contributed by atoms with Crippen molar-refractivity contribution >= 4 is 44.6 Å². The van der Waals surface area contributed by atoms with Crippen molar-refractivity contribution in [3.05, 3.63) is 87.4 Å². The number of benzene rings is 3. The molecule has 2 N–H and O–H groups in total. The van der Waals surface area contributed by atoms with Gasteiger partial charge < -0.3 is 10.1 Å². The molecule has 0 atom stereocenters. The van der Waals surface area contributed by atoms with Gasteiger partial charge in [0.25, 0.3) is 21.6 Å². The predicted octanol–water partition coefficient (Wildman–Crippen LogP) is 4.70. The number of ether oxygens (including phenoxy) is 1. The van der Waals surface area contributed by atoms with E-state index in [2.05, 4.69) is 10.0 Å². The summed E-state index contributed by atoms with van der Waals surface area (Å²) in [6, 6.07) is 15.3. The topological polar surface area (TPSA) is 128 Å². The number of nitrogens with zero attached hydrogens (tertiary/aromatic N) is 1. The molecule has 0 saturated heterocycles. The standard InChI is InChI=1S/C21H18ClN3O6S/c1-2-31-20-11-10-18(13-19(20)23-21(26)14-6-8-15(22)9-7-14)32(29,30)24-16-4-3-5-17(12-16)25(27)28/h3-13,24H,2H2,1H3,(H,23,26). The van der Waals surface area contributed by atoms with E-state index < -0.39 is 20.9 Å². The smallest absolute Gasteiger partial charge is 0.271 e. The monoisotopic (exact) mass is 475 g/mol. The minimum Gasteiger partial charge on any atom is -0.492 e. The predicted molar refractivity (Wildman–Crippen MR) is 121 cm³/mol. The van der Waals surface area contributed by atoms with Crippen molar-refractivity contribution in [3.63, 3.8) is 0 Å². The normalized spacial score (nSPS) is 10.9. The van der Waals surface area contributed by atoms with Gasteiger partial charge in [-0.25, -0.2) is 8.42 Å². The molecule has 11 heteroatoms. The van der Waals surface area contributed by atoms with Gasteiger partial charge in [-0.15, -0.1) is 0 Å². The van der Waals surface area contributed by atoms with Crippen molar-refractivity contribution < 1.29 is 22.9 Å². The highest BCUT2D eigenvalue weighted by Crippen LogP contribution is 2.30. The van der Waals surface area contributed by atoms with Crippen LogP contribution >= 0.6 is 11.6 Å². The molecule has 0 aliphatic heterocycles. The third-order valence-electron chi connectivity index (χ3n) is 4.22. The minimum atomic E-state index is -4.11. The molecule has 9 nitrogen and oxygen atoms in total. The zero-order chi connectivity index (χ0) is 23.3. The van der Waals surface area contributed by atoms with Gasteiger partial charge in [-0.3, -0.25) is 19.6 Å². The Morgan fingerprint density at radius 3 is 2.47 bits per heavy atom. The number of rotatable bonds is 8. The van der Waals surface area contributed by atoms with Gasteiger partial charge in [0.1, 0.15) is 5.75 Å². The van der Waals surface area contributed by atoms with Crippen LogP contribution in [0.2, 0.25) is 5.02 Å². The SMILES string of the molecule is CCOc1ccc(S(=O)(=O)Nc2cccc([N+](=O)[O-])c2)cc1NC(=O)c1ccc(Cl)cc1. The lowest BCUT2D eigenvalue weighted by atomic mass is 10.2. The van der Waals surface area contributed by atoms with Gasteiger partial charge in [-0.05, 0) is 55.5 Å². The largest absolute Gasteiger partial charge is 0.492 e. The van der Waals surface area contributed by atoms with Crippen molar-refractivity contribution in [2.45, 2.75) is 11.8 Å². The number of halogens is 1. The number of carbonyl (C=O) groups excluding carboxylic acids is 1. The van der Waals surface area contributed by atoms with Crippen molar-refractivity contribution in [1.82, 2.24) is 0 Å². The van der Waals surface area contributed by atoms with Crippen molar-refractivity contribution in [2.75, 3.05) is 16.6 Å². The van der Waals surface area contributed by atoms with Gasteiger partial charge >= 0.3 is 0 Å². The van der Waals surface area contributed by atoms with Gasteiger partial charge in [-0.2, -0.15) is 0 Å². The number of nitro benzene ring substituents is 1. The van der Waals surface area contributed by atoms with Crippen LogP contribution in [0.15, 0.2) is 71.6 Å². The average Bonchev–Trinajstić information content (AvgIpc) is 2.75. The third-order valence-corrected chi connectivity index (χ3v) is 5.86. The molecule has 166 valence electrons. The van der Waals surface area contributed by atoms with Crippen LogP contribution < -0.4 is 14.8 Å². The highest BCUT2D eigenvalue weighted by molar-refractivity contribution is 7.92. The van der Waals surface area contributed by atoms with Gasteiger partial charge in [0.2, 0.25) is 0 Å². The van der Waals surface area contributed by atoms with Crippen LogP contribution in [0.3, 0.4) is 0 Å². The van der Waals surface area contributed by atoms with Crippen LogP contribution in [0.4, 0.5) is 17.1 Å². The molecular formula is C21H18ClN3O6S. The van der Waals surface area contributed by atoms with E-state index in [1.807, 2.05) is 0 Å². The summed E-state index contributed by atoms with van der Waals surface area (Å²) in [6.45, 7) is 2.04. The Labute approximate surface area is 189 Å². The zero-order valence-electron chi connectivity index (χ0n) is 16.7. The lowest BCUT2D eigenvalue weighted by Crippen LogP contribution is -2.16. The summed E-state index contributed by atoms with van der Waals surface area (Å²) in [7, 11) is -4.11. The number of nitro groups is 1. The number of anilines is 2. The Balaban J connectivity index is 1.91. The highest BCUT2D eigenvalue weighted by Gasteiger charge is 2.19. The van der Waals surface area contributed by atoms with Crippen LogP contribution in [0, 0.1) is 10.1 Å². The molecule has 0 radical (unpaired) electrons. The van der Waals surface area contributed by atoms with E-state index in [4.69, 9.17) is 16.3 Å². The molecule has 3 rings (SSSR count). The van der Waals surface area contributed by atoms with E-state index in [0.717, 1.165) is 6.07 Å². The first kappa shape index (κ1) is 23.0. The molecule has 3 aromatic carbocycles. The number of sulfonamides is 1. The van der Waals surface area contributed by atoms with Gasteiger partial charge in [0, 0.05) is 22.7 Å². The number of carbonyl (C=O) groups is 1. The Bertz CT molecular complexity index is 1260. The minimum absolute atomic E-state index is 0.0276. The van der Waals surface area contributed by atoms with E-state index in [9.17, 15) is 23.3 Å². The zero-order valence-corrected chi connectivity index (χ0v) is 18.3. The first-order valence-electron chi connectivity index (χ1n) is 9.30. The van der Waals surface area contributed by atoms with Crippen LogP contribution in [-0.4, -0.2) is 25.9 Å². The average molecular weight is 476 g/mol. The number of amides is 1. The van der Waals surface area contributed by atoms with E-state index in [1.165, 1.54) is 48.5 Å². The second-order valence-corrected chi connectivity index (χ2v) is 8.58. The maximum absolute atomic E-state index is 12.8. The molecular weight excluding hydrogens is 458 g/mol. The van der Waals surface area contributed by atoms with Gasteiger partial charge in [0.05, 0.1) is 27.8 Å². The Morgan fingerprint density at radius 1 is 1.09 bits per heavy atom. The fourth-order valence-corrected chi connectivity index (χ4v) is 3.95. The molecule has 3 aromatic rings. The van der Waals surface area contributed by atoms with E-state index in [1.54, 1.807) is 19.1 Å². The fraction of sp³-hybridized carbons (Fsp3) is 0.0952. The van der Waals surface area contributed by atoms with Crippen molar-refractivity contribution in [2.24, 2.45) is 0 Å². The molecule has 0 aliphatic rings. The number of hydrogen-bond acceptors (Lipinski definition) is 6. The lowest BCUT2D eigenvalue weighted by Gasteiger charge is -2.14. The van der Waals surface area contributed by atoms with E-state index >= 15 is 0 Å². The van der Waals surface area contributed by atoms with Crippen LogP contribution in [0.25, 0.3) is 0 Å². The van der Waals surface area contributed by atoms with Crippen molar-refractivity contribution in [3.8, 4) is 5.75 Å². The Hall–Kier alpha value is -3.63. The first-order chi connectivity index (χ1) is 15.2. The maximum Gasteiger partial charge on any atom is 0.271 e. The first-order valence-corrected chi connectivity index (χ1v) is 11.2. The molecule has 0 spiro atoms. The Kier molecular flexibility index (Phi) is 6.96. The number of hydrogen-bond donors (Lipinski definition) is 2. The molecule has 0 bridgehead atoms. The summed E-state index contributed by atoms with van der Waals surface area (Å²) in [4.78, 5) is 22.7. The summed E-state index contributed by atoms with van der Waals surface area (Å²) in [5.41, 5.74) is 0.237. The van der Waals surface area contributed by atoms with E-state index in [-0.39, 0.29) is 27.7 Å². The molecule has 0 heterocycles. The van der Waals surface area contributed by atoms with Crippen LogP contribution in [-0.2, 0) is 10.0 Å². The Morgan fingerprint density at radius 2 is 1.81 bits per heavy atom. The molecule has 0 unspecified atom stereocenters. The quantitative estimate of drug-likeness (QED) is 0.359. The molecule has 0 aromatic heterocycles. The van der Waals surface area contributed by atoms with Gasteiger partial charge in [0.15, 0.2) is 0 Å². The summed E-state index contributed by atoms with van der Waals surface area (Å²) < 4.78 is 33.5. The second-order valence-electron chi connectivity index (χ2n) is 6.46. The summed E-state index contributed by atoms with van der Waals surface area (Å²) in [6.07, 6.45) is 0. The molecule has 1 amide bonds. The molecule has 32 heavy (non-hydrogen) atoms. The van der Waals surface area contributed by atoms with Crippen molar-refractivity contribution in [1.29, 1.82) is 0 Å². The second kappa shape index (κ2) is 9.67.